The number of nitrogens with one attached hydrogen (secondary N) is 1. The summed E-state index contributed by atoms with van der Waals surface area (Å²) in [7, 11) is 0. The average molecular weight is 395 g/mol. The van der Waals surface area contributed by atoms with E-state index in [2.05, 4.69) is 5.10 Å². The van der Waals surface area contributed by atoms with Gasteiger partial charge in [0.15, 0.2) is 5.69 Å². The molecular formula is C19H20F3N3O3. The third-order valence-electron chi connectivity index (χ3n) is 4.77. The number of aliphatic carboxylic acids is 1. The second-order valence-electron chi connectivity index (χ2n) is 6.74. The van der Waals surface area contributed by atoms with Crippen molar-refractivity contribution in [3.05, 3.63) is 46.8 Å². The summed E-state index contributed by atoms with van der Waals surface area (Å²) in [5.41, 5.74) is 3.37. The molecular weight excluding hydrogens is 375 g/mol. The number of nitrogens with zero attached hydrogens (tertiary/aromatic N) is 2. The van der Waals surface area contributed by atoms with Gasteiger partial charge in [-0.1, -0.05) is 19.1 Å². The number of carbonyl (C=O) groups is 2. The fourth-order valence-electron chi connectivity index (χ4n) is 3.36. The van der Waals surface area contributed by atoms with Crippen molar-refractivity contribution in [1.82, 2.24) is 15.1 Å². The molecule has 0 radical (unpaired) electrons. The van der Waals surface area contributed by atoms with Crippen LogP contribution in [0, 0.1) is 0 Å². The third kappa shape index (κ3) is 4.18. The molecule has 2 N–H and O–H groups in total. The van der Waals surface area contributed by atoms with Crippen LogP contribution in [0.25, 0.3) is 5.69 Å². The third-order valence-corrected chi connectivity index (χ3v) is 4.77. The molecule has 1 aliphatic carbocycles. The molecule has 1 heterocycles. The predicted octanol–water partition coefficient (Wildman–Crippen LogP) is 3.06. The Labute approximate surface area is 159 Å². The second-order valence-corrected chi connectivity index (χ2v) is 6.74. The molecule has 0 aliphatic heterocycles. The zero-order valence-corrected chi connectivity index (χ0v) is 15.2. The Morgan fingerprint density at radius 1 is 1.25 bits per heavy atom. The maximum atomic E-state index is 12.6. The highest BCUT2D eigenvalue weighted by Crippen LogP contribution is 2.28. The molecule has 0 saturated carbocycles. The zero-order chi connectivity index (χ0) is 20.5. The van der Waals surface area contributed by atoms with Crippen LogP contribution >= 0.6 is 0 Å². The molecule has 1 amide bonds. The molecule has 6 nitrogen and oxygen atoms in total. The van der Waals surface area contributed by atoms with Gasteiger partial charge < -0.3 is 10.4 Å². The summed E-state index contributed by atoms with van der Waals surface area (Å²) >= 11 is 0. The van der Waals surface area contributed by atoms with Crippen LogP contribution in [0.4, 0.5) is 13.2 Å². The van der Waals surface area contributed by atoms with Crippen LogP contribution in [0.5, 0.6) is 0 Å². The smallest absolute Gasteiger partial charge is 0.391 e. The van der Waals surface area contributed by atoms with Crippen molar-refractivity contribution in [3.8, 4) is 5.69 Å². The summed E-state index contributed by atoms with van der Waals surface area (Å²) in [5.74, 6) is -2.64. The Morgan fingerprint density at radius 2 is 1.93 bits per heavy atom. The van der Waals surface area contributed by atoms with Gasteiger partial charge in [-0.25, -0.2) is 9.48 Å². The summed E-state index contributed by atoms with van der Waals surface area (Å²) in [6, 6.07) is 5.58. The quantitative estimate of drug-likeness (QED) is 0.787. The summed E-state index contributed by atoms with van der Waals surface area (Å²) in [4.78, 5) is 23.7. The maximum Gasteiger partial charge on any atom is 0.391 e. The zero-order valence-electron chi connectivity index (χ0n) is 15.2. The van der Waals surface area contributed by atoms with E-state index in [1.807, 2.05) is 36.5 Å². The van der Waals surface area contributed by atoms with Gasteiger partial charge in [-0.2, -0.15) is 18.3 Å². The van der Waals surface area contributed by atoms with E-state index in [1.54, 1.807) is 4.68 Å². The molecule has 1 aromatic heterocycles. The summed E-state index contributed by atoms with van der Waals surface area (Å²) in [5, 5.41) is 15.3. The number of carboxylic acids is 1. The van der Waals surface area contributed by atoms with Crippen molar-refractivity contribution < 1.29 is 27.9 Å². The molecule has 9 heteroatoms. The SMILES string of the molecule is CCc1ccc(-n2nc(C(=O)NC(CC(F)(F)F)C(=O)O)c3c2CCC3)cc1. The van der Waals surface area contributed by atoms with E-state index in [-0.39, 0.29) is 5.69 Å². The van der Waals surface area contributed by atoms with Crippen molar-refractivity contribution in [3.63, 3.8) is 0 Å². The van der Waals surface area contributed by atoms with Gasteiger partial charge in [-0.05, 0) is 43.4 Å². The molecule has 2 aromatic rings. The van der Waals surface area contributed by atoms with Crippen molar-refractivity contribution in [2.75, 3.05) is 0 Å². The number of halogens is 3. The lowest BCUT2D eigenvalue weighted by Gasteiger charge is -2.15. The lowest BCUT2D eigenvalue weighted by molar-refractivity contribution is -0.157. The average Bonchev–Trinajstić information content (AvgIpc) is 3.22. The number of aromatic nitrogens is 2. The van der Waals surface area contributed by atoms with Crippen LogP contribution in [0.15, 0.2) is 24.3 Å². The number of hydrogen-bond donors (Lipinski definition) is 2. The predicted molar refractivity (Wildman–Crippen MR) is 94.5 cm³/mol. The van der Waals surface area contributed by atoms with Crippen LogP contribution in [0.3, 0.4) is 0 Å². The minimum Gasteiger partial charge on any atom is -0.480 e. The highest BCUT2D eigenvalue weighted by Gasteiger charge is 2.37. The largest absolute Gasteiger partial charge is 0.480 e. The fraction of sp³-hybridized carbons (Fsp3) is 0.421. The fourth-order valence-corrected chi connectivity index (χ4v) is 3.36. The molecule has 150 valence electrons. The van der Waals surface area contributed by atoms with Crippen molar-refractivity contribution in [1.29, 1.82) is 0 Å². The first-order chi connectivity index (χ1) is 13.2. The molecule has 0 fully saturated rings. The lowest BCUT2D eigenvalue weighted by Crippen LogP contribution is -2.44. The van der Waals surface area contributed by atoms with Gasteiger partial charge in [-0.3, -0.25) is 4.79 Å². The van der Waals surface area contributed by atoms with Crippen LogP contribution in [-0.4, -0.2) is 39.0 Å². The highest BCUT2D eigenvalue weighted by atomic mass is 19.4. The minimum atomic E-state index is -4.71. The first kappa shape index (κ1) is 19.9. The van der Waals surface area contributed by atoms with E-state index in [0.717, 1.165) is 29.8 Å². The second kappa shape index (κ2) is 7.65. The number of amides is 1. The Bertz CT molecular complexity index is 888. The number of fused-ring (bicyclic) bond motifs is 1. The molecule has 3 rings (SSSR count). The van der Waals surface area contributed by atoms with Gasteiger partial charge in [0, 0.05) is 11.3 Å². The summed E-state index contributed by atoms with van der Waals surface area (Å²) in [6.07, 6.45) is -3.42. The molecule has 0 bridgehead atoms. The van der Waals surface area contributed by atoms with E-state index in [1.165, 1.54) is 0 Å². The number of carboxylic acid groups (broad SMARTS) is 1. The number of rotatable bonds is 6. The summed E-state index contributed by atoms with van der Waals surface area (Å²) < 4.78 is 39.4. The topological polar surface area (TPSA) is 84.2 Å². The monoisotopic (exact) mass is 395 g/mol. The molecule has 1 aromatic carbocycles. The van der Waals surface area contributed by atoms with Gasteiger partial charge >= 0.3 is 12.1 Å². The van der Waals surface area contributed by atoms with Gasteiger partial charge in [0.05, 0.1) is 12.1 Å². The number of hydrogen-bond acceptors (Lipinski definition) is 3. The molecule has 0 saturated heterocycles. The van der Waals surface area contributed by atoms with Gasteiger partial charge in [0.1, 0.15) is 6.04 Å². The number of carbonyl (C=O) groups excluding carboxylic acids is 1. The van der Waals surface area contributed by atoms with Crippen LogP contribution < -0.4 is 5.32 Å². The molecule has 28 heavy (non-hydrogen) atoms. The first-order valence-electron chi connectivity index (χ1n) is 9.00. The number of alkyl halides is 3. The highest BCUT2D eigenvalue weighted by molar-refractivity contribution is 5.96. The number of benzene rings is 1. The Balaban J connectivity index is 1.89. The van der Waals surface area contributed by atoms with E-state index in [9.17, 15) is 22.8 Å². The number of aryl methyl sites for hydroxylation is 1. The molecule has 0 spiro atoms. The Hall–Kier alpha value is -2.84. The van der Waals surface area contributed by atoms with Crippen molar-refractivity contribution in [2.24, 2.45) is 0 Å². The van der Waals surface area contributed by atoms with Crippen molar-refractivity contribution >= 4 is 11.9 Å². The first-order valence-corrected chi connectivity index (χ1v) is 9.00. The van der Waals surface area contributed by atoms with Crippen LogP contribution in [0.1, 0.15) is 47.1 Å². The Kier molecular flexibility index (Phi) is 5.44. The minimum absolute atomic E-state index is 0.0134. The summed E-state index contributed by atoms with van der Waals surface area (Å²) in [6.45, 7) is 2.03. The van der Waals surface area contributed by atoms with Gasteiger partial charge in [0.25, 0.3) is 5.91 Å². The van der Waals surface area contributed by atoms with Crippen LogP contribution in [0.2, 0.25) is 0 Å². The van der Waals surface area contributed by atoms with Crippen LogP contribution in [-0.2, 0) is 24.1 Å². The van der Waals surface area contributed by atoms with E-state index in [0.29, 0.717) is 18.4 Å². The van der Waals surface area contributed by atoms with E-state index < -0.39 is 30.5 Å². The maximum absolute atomic E-state index is 12.6. The van der Waals surface area contributed by atoms with Gasteiger partial charge in [-0.15, -0.1) is 0 Å². The molecule has 1 aliphatic rings. The van der Waals surface area contributed by atoms with Crippen molar-refractivity contribution in [2.45, 2.75) is 51.2 Å². The Morgan fingerprint density at radius 3 is 2.50 bits per heavy atom. The normalized spacial score (nSPS) is 14.6. The standard InChI is InChI=1S/C19H20F3N3O3/c1-2-11-6-8-12(9-7-11)25-15-5-3-4-13(15)16(24-25)17(26)23-14(18(27)28)10-19(20,21)22/h6-9,14H,2-5,10H2,1H3,(H,23,26)(H,27,28). The van der Waals surface area contributed by atoms with E-state index in [4.69, 9.17) is 5.11 Å². The van der Waals surface area contributed by atoms with Gasteiger partial charge in [0.2, 0.25) is 0 Å². The van der Waals surface area contributed by atoms with E-state index >= 15 is 0 Å². The lowest BCUT2D eigenvalue weighted by atomic mass is 10.1. The molecule has 1 unspecified atom stereocenters. The molecule has 1 atom stereocenters.